The highest BCUT2D eigenvalue weighted by Crippen LogP contribution is 2.31. The van der Waals surface area contributed by atoms with Crippen molar-refractivity contribution in [1.82, 2.24) is 0 Å². The van der Waals surface area contributed by atoms with Crippen LogP contribution in [0.5, 0.6) is 0 Å². The van der Waals surface area contributed by atoms with E-state index in [1.54, 1.807) is 0 Å². The number of anilines is 1. The van der Waals surface area contributed by atoms with Crippen LogP contribution in [-0.4, -0.2) is 38.0 Å². The molecule has 0 aromatic heterocycles. The normalized spacial score (nSPS) is 23.3. The van der Waals surface area contributed by atoms with Crippen LogP contribution < -0.4 is 4.90 Å². The average molecular weight is 249 g/mol. The Hall–Kier alpha value is -1.06. The first kappa shape index (κ1) is 13.4. The van der Waals surface area contributed by atoms with Crippen LogP contribution >= 0.6 is 0 Å². The molecule has 1 atom stereocenters. The number of benzene rings is 1. The topological polar surface area (TPSA) is 32.7 Å². The SMILES string of the molecule is CCN(CC1(CO)CCOC1)c1ccc(C)cc1. The second kappa shape index (κ2) is 5.72. The van der Waals surface area contributed by atoms with E-state index in [4.69, 9.17) is 4.74 Å². The van der Waals surface area contributed by atoms with E-state index >= 15 is 0 Å². The molecule has 1 unspecified atom stereocenters. The highest BCUT2D eigenvalue weighted by Gasteiger charge is 2.36. The Bertz CT molecular complexity index is 369. The lowest BCUT2D eigenvalue weighted by Crippen LogP contribution is -2.41. The van der Waals surface area contributed by atoms with Gasteiger partial charge >= 0.3 is 0 Å². The first-order valence-corrected chi connectivity index (χ1v) is 6.69. The minimum absolute atomic E-state index is 0.0824. The maximum atomic E-state index is 9.65. The second-order valence-corrected chi connectivity index (χ2v) is 5.31. The van der Waals surface area contributed by atoms with E-state index in [2.05, 4.69) is 43.0 Å². The predicted octanol–water partition coefficient (Wildman–Crippen LogP) is 2.22. The molecule has 0 bridgehead atoms. The minimum atomic E-state index is -0.0824. The smallest absolute Gasteiger partial charge is 0.0562 e. The molecule has 2 rings (SSSR count). The van der Waals surface area contributed by atoms with Crippen molar-refractivity contribution in [3.05, 3.63) is 29.8 Å². The Morgan fingerprint density at radius 2 is 2.06 bits per heavy atom. The lowest BCUT2D eigenvalue weighted by Gasteiger charge is -2.33. The molecule has 0 aliphatic carbocycles. The van der Waals surface area contributed by atoms with Crippen LogP contribution in [0.25, 0.3) is 0 Å². The van der Waals surface area contributed by atoms with Gasteiger partial charge in [-0.3, -0.25) is 0 Å². The molecule has 18 heavy (non-hydrogen) atoms. The molecule has 100 valence electrons. The van der Waals surface area contributed by atoms with Gasteiger partial charge < -0.3 is 14.7 Å². The number of rotatable bonds is 5. The van der Waals surface area contributed by atoms with E-state index in [0.29, 0.717) is 6.61 Å². The summed E-state index contributed by atoms with van der Waals surface area (Å²) in [6.07, 6.45) is 0.950. The highest BCUT2D eigenvalue weighted by molar-refractivity contribution is 5.47. The number of ether oxygens (including phenoxy) is 1. The summed E-state index contributed by atoms with van der Waals surface area (Å²) < 4.78 is 5.47. The van der Waals surface area contributed by atoms with Gasteiger partial charge in [0.05, 0.1) is 13.2 Å². The zero-order chi connectivity index (χ0) is 13.0. The van der Waals surface area contributed by atoms with Gasteiger partial charge in [0, 0.05) is 30.8 Å². The third-order valence-corrected chi connectivity index (χ3v) is 3.83. The highest BCUT2D eigenvalue weighted by atomic mass is 16.5. The van der Waals surface area contributed by atoms with Gasteiger partial charge in [0.15, 0.2) is 0 Å². The van der Waals surface area contributed by atoms with Gasteiger partial charge in [-0.15, -0.1) is 0 Å². The summed E-state index contributed by atoms with van der Waals surface area (Å²) in [6.45, 7) is 7.71. The molecule has 3 heteroatoms. The summed E-state index contributed by atoms with van der Waals surface area (Å²) in [5.74, 6) is 0. The van der Waals surface area contributed by atoms with Crippen molar-refractivity contribution >= 4 is 5.69 Å². The fraction of sp³-hybridized carbons (Fsp3) is 0.600. The third kappa shape index (κ3) is 2.85. The zero-order valence-electron chi connectivity index (χ0n) is 11.4. The summed E-state index contributed by atoms with van der Waals surface area (Å²) >= 11 is 0. The second-order valence-electron chi connectivity index (χ2n) is 5.31. The number of hydrogen-bond acceptors (Lipinski definition) is 3. The van der Waals surface area contributed by atoms with Crippen molar-refractivity contribution in [2.75, 3.05) is 37.8 Å². The molecule has 1 N–H and O–H groups in total. The summed E-state index contributed by atoms with van der Waals surface area (Å²) in [6, 6.07) is 8.57. The summed E-state index contributed by atoms with van der Waals surface area (Å²) in [7, 11) is 0. The van der Waals surface area contributed by atoms with E-state index in [-0.39, 0.29) is 12.0 Å². The van der Waals surface area contributed by atoms with Gasteiger partial charge in [0.1, 0.15) is 0 Å². The number of aliphatic hydroxyl groups is 1. The minimum Gasteiger partial charge on any atom is -0.396 e. The molecule has 1 aromatic rings. The van der Waals surface area contributed by atoms with Crippen molar-refractivity contribution in [3.63, 3.8) is 0 Å². The molecule has 3 nitrogen and oxygen atoms in total. The maximum Gasteiger partial charge on any atom is 0.0562 e. The molecular formula is C15H23NO2. The van der Waals surface area contributed by atoms with Crippen LogP contribution in [0.3, 0.4) is 0 Å². The molecule has 0 saturated carbocycles. The van der Waals surface area contributed by atoms with E-state index in [0.717, 1.165) is 26.1 Å². The van der Waals surface area contributed by atoms with E-state index < -0.39 is 0 Å². The summed E-state index contributed by atoms with van der Waals surface area (Å²) in [5.41, 5.74) is 2.42. The number of hydrogen-bond donors (Lipinski definition) is 1. The molecule has 0 spiro atoms. The van der Waals surface area contributed by atoms with E-state index in [1.807, 2.05) is 0 Å². The van der Waals surface area contributed by atoms with Crippen LogP contribution in [0.2, 0.25) is 0 Å². The number of nitrogens with zero attached hydrogens (tertiary/aromatic N) is 1. The quantitative estimate of drug-likeness (QED) is 0.868. The summed E-state index contributed by atoms with van der Waals surface area (Å²) in [4.78, 5) is 2.32. The third-order valence-electron chi connectivity index (χ3n) is 3.83. The Morgan fingerprint density at radius 3 is 2.56 bits per heavy atom. The lowest BCUT2D eigenvalue weighted by atomic mass is 9.87. The standard InChI is InChI=1S/C15H23NO2/c1-3-16(14-6-4-13(2)5-7-14)10-15(11-17)8-9-18-12-15/h4-7,17H,3,8-12H2,1-2H3. The van der Waals surface area contributed by atoms with Crippen molar-refractivity contribution < 1.29 is 9.84 Å². The van der Waals surface area contributed by atoms with Crippen LogP contribution in [0.15, 0.2) is 24.3 Å². The van der Waals surface area contributed by atoms with E-state index in [1.165, 1.54) is 11.3 Å². The Kier molecular flexibility index (Phi) is 4.25. The lowest BCUT2D eigenvalue weighted by molar-refractivity contribution is 0.0979. The summed E-state index contributed by atoms with van der Waals surface area (Å²) in [5, 5.41) is 9.65. The van der Waals surface area contributed by atoms with Crippen molar-refractivity contribution in [2.45, 2.75) is 20.3 Å². The van der Waals surface area contributed by atoms with Gasteiger partial charge in [-0.05, 0) is 32.4 Å². The molecule has 1 heterocycles. The number of aliphatic hydroxyl groups excluding tert-OH is 1. The van der Waals surface area contributed by atoms with Crippen LogP contribution in [0, 0.1) is 12.3 Å². The van der Waals surface area contributed by atoms with Crippen molar-refractivity contribution in [2.24, 2.45) is 5.41 Å². The van der Waals surface area contributed by atoms with E-state index in [9.17, 15) is 5.11 Å². The molecule has 1 fully saturated rings. The largest absolute Gasteiger partial charge is 0.396 e. The van der Waals surface area contributed by atoms with Gasteiger partial charge in [0.2, 0.25) is 0 Å². The Morgan fingerprint density at radius 1 is 1.33 bits per heavy atom. The Balaban J connectivity index is 2.11. The van der Waals surface area contributed by atoms with Crippen molar-refractivity contribution in [1.29, 1.82) is 0 Å². The predicted molar refractivity (Wildman–Crippen MR) is 74.0 cm³/mol. The first-order valence-electron chi connectivity index (χ1n) is 6.69. The molecule has 1 saturated heterocycles. The first-order chi connectivity index (χ1) is 8.69. The number of aryl methyl sites for hydroxylation is 1. The van der Waals surface area contributed by atoms with Gasteiger partial charge in [-0.25, -0.2) is 0 Å². The van der Waals surface area contributed by atoms with Crippen LogP contribution in [0.4, 0.5) is 5.69 Å². The molecule has 0 radical (unpaired) electrons. The molecule has 1 aromatic carbocycles. The molecule has 1 aliphatic rings. The molecule has 1 aliphatic heterocycles. The van der Waals surface area contributed by atoms with Crippen LogP contribution in [-0.2, 0) is 4.74 Å². The average Bonchev–Trinajstić information content (AvgIpc) is 2.86. The monoisotopic (exact) mass is 249 g/mol. The fourth-order valence-corrected chi connectivity index (χ4v) is 2.50. The van der Waals surface area contributed by atoms with Gasteiger partial charge in [0.25, 0.3) is 0 Å². The van der Waals surface area contributed by atoms with Crippen LogP contribution in [0.1, 0.15) is 18.9 Å². The van der Waals surface area contributed by atoms with Gasteiger partial charge in [-0.1, -0.05) is 17.7 Å². The fourth-order valence-electron chi connectivity index (χ4n) is 2.50. The zero-order valence-corrected chi connectivity index (χ0v) is 11.4. The molecular weight excluding hydrogens is 226 g/mol. The maximum absolute atomic E-state index is 9.65. The molecule has 0 amide bonds. The van der Waals surface area contributed by atoms with Gasteiger partial charge in [-0.2, -0.15) is 0 Å². The Labute approximate surface area is 109 Å². The van der Waals surface area contributed by atoms with Crippen molar-refractivity contribution in [3.8, 4) is 0 Å².